The van der Waals surface area contributed by atoms with Crippen molar-refractivity contribution in [1.29, 1.82) is 0 Å². The van der Waals surface area contributed by atoms with Gasteiger partial charge in [-0.15, -0.1) is 0 Å². The lowest BCUT2D eigenvalue weighted by Gasteiger charge is -2.43. The van der Waals surface area contributed by atoms with E-state index in [-0.39, 0.29) is 18.1 Å². The second-order valence-corrected chi connectivity index (χ2v) is 13.7. The van der Waals surface area contributed by atoms with E-state index in [1.165, 1.54) is 12.3 Å². The molecule has 0 bridgehead atoms. The molecular weight excluding hydrogens is 439 g/mol. The highest BCUT2D eigenvalue weighted by molar-refractivity contribution is 6.99. The molecule has 0 spiro atoms. The van der Waals surface area contributed by atoms with Crippen LogP contribution in [0.5, 0.6) is 0 Å². The van der Waals surface area contributed by atoms with E-state index >= 15 is 0 Å². The summed E-state index contributed by atoms with van der Waals surface area (Å²) < 4.78 is 28.7. The lowest BCUT2D eigenvalue weighted by atomic mass is 10.2. The molecule has 3 aromatic rings. The number of alkyl halides is 1. The summed E-state index contributed by atoms with van der Waals surface area (Å²) in [5, 5.41) is 2.05. The van der Waals surface area contributed by atoms with E-state index in [4.69, 9.17) is 9.16 Å². The highest BCUT2D eigenvalue weighted by Crippen LogP contribution is 2.38. The molecule has 2 aromatic carbocycles. The standard InChI is InChI=1S/C25H29FN2O4Si/c1-25(2,3)33(19-10-6-4-7-11-19,20-12-8-5-9-13-20)31-17-18-16-21(26)23(32-18)28-15-14-22(29)27-24(28)30/h4-15,18,21,23H,16-17H2,1-3H3,(H,27,29,30)/t18-,21+,23?/m0/s1. The van der Waals surface area contributed by atoms with Gasteiger partial charge in [0.2, 0.25) is 0 Å². The Kier molecular flexibility index (Phi) is 6.51. The minimum Gasteiger partial charge on any atom is -0.405 e. The molecule has 4 rings (SSSR count). The van der Waals surface area contributed by atoms with Crippen LogP contribution in [0.15, 0.2) is 82.5 Å². The van der Waals surface area contributed by atoms with E-state index in [2.05, 4.69) is 50.0 Å². The van der Waals surface area contributed by atoms with Gasteiger partial charge in [-0.1, -0.05) is 81.4 Å². The molecule has 33 heavy (non-hydrogen) atoms. The third-order valence-electron chi connectivity index (χ3n) is 6.16. The lowest BCUT2D eigenvalue weighted by molar-refractivity contribution is -0.0370. The van der Waals surface area contributed by atoms with Gasteiger partial charge in [0.15, 0.2) is 6.23 Å². The maximum atomic E-state index is 14.9. The molecule has 0 aliphatic carbocycles. The minimum atomic E-state index is -2.78. The number of nitrogens with zero attached hydrogens (tertiary/aromatic N) is 1. The Hall–Kier alpha value is -2.81. The summed E-state index contributed by atoms with van der Waals surface area (Å²) in [4.78, 5) is 25.6. The number of rotatable bonds is 6. The highest BCUT2D eigenvalue weighted by atomic mass is 28.4. The van der Waals surface area contributed by atoms with Gasteiger partial charge in [0.1, 0.15) is 6.17 Å². The van der Waals surface area contributed by atoms with Gasteiger partial charge in [-0.25, -0.2) is 9.18 Å². The van der Waals surface area contributed by atoms with Crippen molar-refractivity contribution in [3.8, 4) is 0 Å². The smallest absolute Gasteiger partial charge is 0.330 e. The van der Waals surface area contributed by atoms with Crippen molar-refractivity contribution in [3.63, 3.8) is 0 Å². The Morgan fingerprint density at radius 3 is 2.12 bits per heavy atom. The van der Waals surface area contributed by atoms with Crippen molar-refractivity contribution in [1.82, 2.24) is 9.55 Å². The number of hydrogen-bond donors (Lipinski definition) is 1. The van der Waals surface area contributed by atoms with Gasteiger partial charge in [0.05, 0.1) is 12.7 Å². The van der Waals surface area contributed by atoms with E-state index in [0.717, 1.165) is 14.9 Å². The molecule has 174 valence electrons. The molecule has 2 heterocycles. The largest absolute Gasteiger partial charge is 0.405 e. The summed E-state index contributed by atoms with van der Waals surface area (Å²) in [7, 11) is -2.78. The number of aromatic amines is 1. The zero-order valence-electron chi connectivity index (χ0n) is 19.0. The second kappa shape index (κ2) is 9.21. The predicted octanol–water partition coefficient (Wildman–Crippen LogP) is 2.74. The van der Waals surface area contributed by atoms with Crippen molar-refractivity contribution in [2.45, 2.75) is 50.7 Å². The SMILES string of the molecule is CC(C)(C)[Si](OC[C@@H]1C[C@@H](F)C(n2ccc(=O)[nH]c2=O)O1)(c1ccccc1)c1ccccc1. The summed E-state index contributed by atoms with van der Waals surface area (Å²) in [5.41, 5.74) is -1.22. The van der Waals surface area contributed by atoms with Crippen molar-refractivity contribution >= 4 is 18.7 Å². The Labute approximate surface area is 193 Å². The lowest BCUT2D eigenvalue weighted by Crippen LogP contribution is -2.67. The third kappa shape index (κ3) is 4.51. The maximum absolute atomic E-state index is 14.9. The van der Waals surface area contributed by atoms with E-state index < -0.39 is 38.1 Å². The molecule has 1 aliphatic rings. The average molecular weight is 469 g/mol. The zero-order valence-corrected chi connectivity index (χ0v) is 20.0. The Morgan fingerprint density at radius 1 is 1.03 bits per heavy atom. The average Bonchev–Trinajstić information content (AvgIpc) is 3.15. The molecule has 6 nitrogen and oxygen atoms in total. The van der Waals surface area contributed by atoms with Gasteiger partial charge >= 0.3 is 5.69 Å². The van der Waals surface area contributed by atoms with Crippen LogP contribution in [0, 0.1) is 0 Å². The molecule has 8 heteroatoms. The van der Waals surface area contributed by atoms with Crippen molar-refractivity contribution in [2.75, 3.05) is 6.61 Å². The van der Waals surface area contributed by atoms with Crippen LogP contribution in [-0.4, -0.2) is 36.8 Å². The number of H-pyrrole nitrogens is 1. The van der Waals surface area contributed by atoms with Crippen molar-refractivity contribution in [3.05, 3.63) is 93.8 Å². The molecule has 1 unspecified atom stereocenters. The monoisotopic (exact) mass is 468 g/mol. The first-order chi connectivity index (χ1) is 15.7. The Balaban J connectivity index is 1.64. The summed E-state index contributed by atoms with van der Waals surface area (Å²) in [6.45, 7) is 6.72. The number of benzene rings is 2. The van der Waals surface area contributed by atoms with Crippen LogP contribution in [0.25, 0.3) is 0 Å². The normalized spacial score (nSPS) is 21.3. The van der Waals surface area contributed by atoms with Crippen LogP contribution in [0.3, 0.4) is 0 Å². The molecule has 0 radical (unpaired) electrons. The van der Waals surface area contributed by atoms with Gasteiger partial charge in [-0.05, 0) is 15.4 Å². The Bertz CT molecular complexity index is 1150. The fraction of sp³-hybridized carbons (Fsp3) is 0.360. The first-order valence-corrected chi connectivity index (χ1v) is 13.0. The zero-order chi connectivity index (χ0) is 23.6. The molecule has 1 aliphatic heterocycles. The summed E-state index contributed by atoms with van der Waals surface area (Å²) in [6, 6.07) is 21.6. The van der Waals surface area contributed by atoms with E-state index in [1.54, 1.807) is 0 Å². The number of hydrogen-bond acceptors (Lipinski definition) is 4. The van der Waals surface area contributed by atoms with Crippen LogP contribution in [0.1, 0.15) is 33.4 Å². The van der Waals surface area contributed by atoms with E-state index in [0.29, 0.717) is 0 Å². The van der Waals surface area contributed by atoms with Gasteiger partial charge < -0.3 is 9.16 Å². The van der Waals surface area contributed by atoms with Crippen LogP contribution < -0.4 is 21.6 Å². The number of nitrogens with one attached hydrogen (secondary N) is 1. The third-order valence-corrected chi connectivity index (χ3v) is 11.2. The second-order valence-electron chi connectivity index (χ2n) is 9.39. The maximum Gasteiger partial charge on any atom is 0.330 e. The molecule has 0 saturated carbocycles. The summed E-state index contributed by atoms with van der Waals surface area (Å²) >= 11 is 0. The minimum absolute atomic E-state index is 0.106. The summed E-state index contributed by atoms with van der Waals surface area (Å²) in [6.07, 6.45) is -1.63. The number of halogens is 1. The van der Waals surface area contributed by atoms with Crippen LogP contribution in [0.2, 0.25) is 5.04 Å². The molecule has 1 N–H and O–H groups in total. The van der Waals surface area contributed by atoms with Crippen LogP contribution >= 0.6 is 0 Å². The Morgan fingerprint density at radius 2 is 1.61 bits per heavy atom. The molecular formula is C25H29FN2O4Si. The number of aromatic nitrogens is 2. The van der Waals surface area contributed by atoms with Gasteiger partial charge in [-0.2, -0.15) is 0 Å². The first-order valence-electron chi connectivity index (χ1n) is 11.1. The van der Waals surface area contributed by atoms with Crippen molar-refractivity contribution < 1.29 is 13.6 Å². The van der Waals surface area contributed by atoms with Crippen LogP contribution in [-0.2, 0) is 9.16 Å². The predicted molar refractivity (Wildman–Crippen MR) is 128 cm³/mol. The molecule has 3 atom stereocenters. The highest BCUT2D eigenvalue weighted by Gasteiger charge is 2.51. The topological polar surface area (TPSA) is 73.3 Å². The fourth-order valence-corrected chi connectivity index (χ4v) is 9.25. The van der Waals surface area contributed by atoms with Gasteiger partial charge in [0.25, 0.3) is 13.9 Å². The van der Waals surface area contributed by atoms with E-state index in [1.807, 2.05) is 36.4 Å². The fourth-order valence-electron chi connectivity index (χ4n) is 4.66. The van der Waals surface area contributed by atoms with E-state index in [9.17, 15) is 14.0 Å². The molecule has 1 fully saturated rings. The number of ether oxygens (including phenoxy) is 1. The van der Waals surface area contributed by atoms with Crippen molar-refractivity contribution in [2.24, 2.45) is 0 Å². The molecule has 1 saturated heterocycles. The quantitative estimate of drug-likeness (QED) is 0.565. The summed E-state index contributed by atoms with van der Waals surface area (Å²) in [5.74, 6) is 0. The van der Waals surface area contributed by atoms with Gasteiger partial charge in [-0.3, -0.25) is 14.3 Å². The van der Waals surface area contributed by atoms with Gasteiger partial charge in [0, 0.05) is 18.7 Å². The van der Waals surface area contributed by atoms with Crippen LogP contribution in [0.4, 0.5) is 4.39 Å². The molecule has 0 amide bonds. The first kappa shape index (κ1) is 23.3. The molecule has 1 aromatic heterocycles.